The van der Waals surface area contributed by atoms with Crippen molar-refractivity contribution in [3.8, 4) is 0 Å². The van der Waals surface area contributed by atoms with E-state index < -0.39 is 6.10 Å². The maximum Gasteiger partial charge on any atom is 0.132 e. The van der Waals surface area contributed by atoms with Crippen LogP contribution in [0, 0.1) is 13.8 Å². The molecule has 1 heterocycles. The molecule has 3 nitrogen and oxygen atoms in total. The average Bonchev–Trinajstić information content (AvgIpc) is 2.91. The summed E-state index contributed by atoms with van der Waals surface area (Å²) in [5.41, 5.74) is 3.89. The predicted molar refractivity (Wildman–Crippen MR) is 80.5 cm³/mol. The fraction of sp³-hybridized carbons (Fsp3) is 0.412. The minimum Gasteiger partial charge on any atom is -0.467 e. The molecule has 0 bridgehead atoms. The number of aliphatic hydroxyl groups excluding tert-OH is 1. The number of benzene rings is 1. The van der Waals surface area contributed by atoms with Crippen molar-refractivity contribution in [3.63, 3.8) is 0 Å². The highest BCUT2D eigenvalue weighted by Gasteiger charge is 2.14. The second-order valence-corrected chi connectivity index (χ2v) is 5.48. The van der Waals surface area contributed by atoms with Crippen molar-refractivity contribution in [3.05, 3.63) is 59.0 Å². The lowest BCUT2D eigenvalue weighted by Gasteiger charge is -2.17. The monoisotopic (exact) mass is 273 g/mol. The Hall–Kier alpha value is -1.58. The number of nitrogens with one attached hydrogen (secondary N) is 1. The lowest BCUT2D eigenvalue weighted by Crippen LogP contribution is -2.27. The zero-order valence-electron chi connectivity index (χ0n) is 12.4. The minimum atomic E-state index is -0.549. The van der Waals surface area contributed by atoms with E-state index in [2.05, 4.69) is 44.3 Å². The zero-order chi connectivity index (χ0) is 14.5. The average molecular weight is 273 g/mol. The van der Waals surface area contributed by atoms with Crippen molar-refractivity contribution < 1.29 is 9.52 Å². The molecule has 1 aromatic carbocycles. The van der Waals surface area contributed by atoms with Gasteiger partial charge in [0.05, 0.1) is 6.26 Å². The van der Waals surface area contributed by atoms with E-state index in [0.717, 1.165) is 6.54 Å². The van der Waals surface area contributed by atoms with Gasteiger partial charge in [-0.1, -0.05) is 23.8 Å². The number of rotatable bonds is 6. The van der Waals surface area contributed by atoms with Gasteiger partial charge in [0.2, 0.25) is 0 Å². The first-order chi connectivity index (χ1) is 9.56. The van der Waals surface area contributed by atoms with E-state index in [0.29, 0.717) is 12.2 Å². The number of hydrogen-bond acceptors (Lipinski definition) is 3. The second-order valence-electron chi connectivity index (χ2n) is 5.48. The molecule has 0 amide bonds. The smallest absolute Gasteiger partial charge is 0.132 e. The molecular formula is C17H23NO2. The van der Waals surface area contributed by atoms with E-state index >= 15 is 0 Å². The van der Waals surface area contributed by atoms with Crippen LogP contribution < -0.4 is 5.32 Å². The molecule has 0 saturated carbocycles. The molecule has 2 N–H and O–H groups in total. The Morgan fingerprint density at radius 1 is 1.25 bits per heavy atom. The highest BCUT2D eigenvalue weighted by Crippen LogP contribution is 2.19. The van der Waals surface area contributed by atoms with Crippen LogP contribution in [0.15, 0.2) is 41.0 Å². The molecule has 0 aliphatic heterocycles. The summed E-state index contributed by atoms with van der Waals surface area (Å²) in [7, 11) is 0. The number of aryl methyl sites for hydroxylation is 2. The Labute approximate surface area is 120 Å². The lowest BCUT2D eigenvalue weighted by molar-refractivity contribution is 0.128. The van der Waals surface area contributed by atoms with Gasteiger partial charge in [0.15, 0.2) is 0 Å². The number of hydrogen-bond donors (Lipinski definition) is 2. The summed E-state index contributed by atoms with van der Waals surface area (Å²) in [4.78, 5) is 0. The van der Waals surface area contributed by atoms with E-state index in [1.807, 2.05) is 6.07 Å². The highest BCUT2D eigenvalue weighted by atomic mass is 16.4. The Morgan fingerprint density at radius 3 is 2.70 bits per heavy atom. The third-order valence-electron chi connectivity index (χ3n) is 3.59. The molecule has 0 saturated heterocycles. The van der Waals surface area contributed by atoms with Crippen LogP contribution in [0.5, 0.6) is 0 Å². The van der Waals surface area contributed by atoms with Gasteiger partial charge in [0, 0.05) is 12.6 Å². The molecule has 0 fully saturated rings. The molecule has 0 aliphatic rings. The van der Waals surface area contributed by atoms with Crippen LogP contribution in [0.4, 0.5) is 0 Å². The van der Waals surface area contributed by atoms with Crippen molar-refractivity contribution in [1.82, 2.24) is 5.32 Å². The molecule has 0 radical (unpaired) electrons. The molecule has 2 aromatic rings. The van der Waals surface area contributed by atoms with Gasteiger partial charge in [-0.3, -0.25) is 0 Å². The van der Waals surface area contributed by atoms with Crippen LogP contribution in [0.1, 0.15) is 41.9 Å². The summed E-state index contributed by atoms with van der Waals surface area (Å²) in [6.07, 6.45) is 1.68. The topological polar surface area (TPSA) is 45.4 Å². The number of furan rings is 1. The Kier molecular flexibility index (Phi) is 4.99. The normalized spacial score (nSPS) is 14.2. The van der Waals surface area contributed by atoms with E-state index in [-0.39, 0.29) is 6.04 Å². The second kappa shape index (κ2) is 6.73. The van der Waals surface area contributed by atoms with Gasteiger partial charge in [0.25, 0.3) is 0 Å². The zero-order valence-corrected chi connectivity index (χ0v) is 12.4. The molecule has 0 spiro atoms. The van der Waals surface area contributed by atoms with Crippen molar-refractivity contribution in [2.24, 2.45) is 0 Å². The quantitative estimate of drug-likeness (QED) is 0.846. The van der Waals surface area contributed by atoms with Crippen LogP contribution in [0.25, 0.3) is 0 Å². The van der Waals surface area contributed by atoms with Crippen molar-refractivity contribution in [1.29, 1.82) is 0 Å². The fourth-order valence-electron chi connectivity index (χ4n) is 2.34. The van der Waals surface area contributed by atoms with E-state index in [1.54, 1.807) is 12.3 Å². The van der Waals surface area contributed by atoms with Gasteiger partial charge in [-0.2, -0.15) is 0 Å². The third kappa shape index (κ3) is 3.95. The SMILES string of the molecule is Cc1ccc(CNC(C)CC(O)c2ccco2)c(C)c1. The van der Waals surface area contributed by atoms with Gasteiger partial charge in [-0.05, 0) is 50.5 Å². The Balaban J connectivity index is 1.84. The molecule has 2 unspecified atom stereocenters. The van der Waals surface area contributed by atoms with Crippen LogP contribution >= 0.6 is 0 Å². The van der Waals surface area contributed by atoms with Gasteiger partial charge in [0.1, 0.15) is 11.9 Å². The first-order valence-electron chi connectivity index (χ1n) is 7.07. The lowest BCUT2D eigenvalue weighted by atomic mass is 10.0. The molecule has 2 atom stereocenters. The Morgan fingerprint density at radius 2 is 2.05 bits per heavy atom. The standard InChI is InChI=1S/C17H23NO2/c1-12-6-7-15(13(2)9-12)11-18-14(3)10-16(19)17-5-4-8-20-17/h4-9,14,16,18-19H,10-11H2,1-3H3. The van der Waals surface area contributed by atoms with Crippen LogP contribution in [0.3, 0.4) is 0 Å². The van der Waals surface area contributed by atoms with Gasteiger partial charge in [-0.25, -0.2) is 0 Å². The third-order valence-corrected chi connectivity index (χ3v) is 3.59. The fourth-order valence-corrected chi connectivity index (χ4v) is 2.34. The predicted octanol–water partition coefficient (Wildman–Crippen LogP) is 3.50. The summed E-state index contributed by atoms with van der Waals surface area (Å²) >= 11 is 0. The molecule has 0 aliphatic carbocycles. The molecule has 20 heavy (non-hydrogen) atoms. The molecule has 108 valence electrons. The van der Waals surface area contributed by atoms with Gasteiger partial charge in [-0.15, -0.1) is 0 Å². The van der Waals surface area contributed by atoms with E-state index in [4.69, 9.17) is 4.42 Å². The van der Waals surface area contributed by atoms with Crippen LogP contribution in [-0.2, 0) is 6.54 Å². The Bertz CT molecular complexity index is 534. The minimum absolute atomic E-state index is 0.218. The molecular weight excluding hydrogens is 250 g/mol. The summed E-state index contributed by atoms with van der Waals surface area (Å²) < 4.78 is 5.21. The van der Waals surface area contributed by atoms with Crippen LogP contribution in [-0.4, -0.2) is 11.1 Å². The van der Waals surface area contributed by atoms with Crippen molar-refractivity contribution >= 4 is 0 Å². The van der Waals surface area contributed by atoms with Crippen LogP contribution in [0.2, 0.25) is 0 Å². The molecule has 2 rings (SSSR count). The highest BCUT2D eigenvalue weighted by molar-refractivity contribution is 5.30. The van der Waals surface area contributed by atoms with Crippen molar-refractivity contribution in [2.45, 2.75) is 45.9 Å². The molecule has 3 heteroatoms. The molecule has 1 aromatic heterocycles. The maximum atomic E-state index is 10.0. The van der Waals surface area contributed by atoms with E-state index in [9.17, 15) is 5.11 Å². The maximum absolute atomic E-state index is 10.0. The van der Waals surface area contributed by atoms with E-state index in [1.165, 1.54) is 16.7 Å². The van der Waals surface area contributed by atoms with Gasteiger partial charge >= 0.3 is 0 Å². The first kappa shape index (κ1) is 14.8. The summed E-state index contributed by atoms with van der Waals surface area (Å²) in [6.45, 7) is 7.13. The van der Waals surface area contributed by atoms with Crippen molar-refractivity contribution in [2.75, 3.05) is 0 Å². The largest absolute Gasteiger partial charge is 0.467 e. The first-order valence-corrected chi connectivity index (χ1v) is 7.07. The summed E-state index contributed by atoms with van der Waals surface area (Å²) in [5, 5.41) is 13.5. The summed E-state index contributed by atoms with van der Waals surface area (Å²) in [6, 6.07) is 10.3. The summed E-state index contributed by atoms with van der Waals surface area (Å²) in [5.74, 6) is 0.630. The van der Waals surface area contributed by atoms with Gasteiger partial charge < -0.3 is 14.8 Å². The number of aliphatic hydroxyl groups is 1.